The highest BCUT2D eigenvalue weighted by Crippen LogP contribution is 2.23. The highest BCUT2D eigenvalue weighted by atomic mass is 16.5. The number of benzene rings is 1. The Morgan fingerprint density at radius 1 is 1.04 bits per heavy atom. The van der Waals surface area contributed by atoms with Crippen molar-refractivity contribution in [3.63, 3.8) is 0 Å². The molecule has 0 radical (unpaired) electrons. The molecule has 1 aromatic heterocycles. The van der Waals surface area contributed by atoms with Crippen molar-refractivity contribution in [3.8, 4) is 11.3 Å². The molecule has 0 bridgehead atoms. The maximum Gasteiger partial charge on any atom is 0.374 e. The Balaban J connectivity index is 1.95. The van der Waals surface area contributed by atoms with Crippen LogP contribution in [0.2, 0.25) is 0 Å². The van der Waals surface area contributed by atoms with Gasteiger partial charge in [-0.25, -0.2) is 4.79 Å². The molecule has 0 aliphatic rings. The summed E-state index contributed by atoms with van der Waals surface area (Å²) in [6.07, 6.45) is 0. The monoisotopic (exact) mass is 357 g/mol. The molecule has 138 valence electrons. The van der Waals surface area contributed by atoms with Crippen LogP contribution in [-0.2, 0) is 9.53 Å². The third kappa shape index (κ3) is 5.05. The second-order valence-electron chi connectivity index (χ2n) is 6.47. The maximum absolute atomic E-state index is 12.0. The van der Waals surface area contributed by atoms with Gasteiger partial charge in [0.05, 0.1) is 0 Å². The van der Waals surface area contributed by atoms with Crippen LogP contribution in [0.3, 0.4) is 0 Å². The van der Waals surface area contributed by atoms with Gasteiger partial charge in [-0.05, 0) is 31.9 Å². The molecule has 2 aromatic rings. The molecule has 0 saturated carbocycles. The van der Waals surface area contributed by atoms with Crippen molar-refractivity contribution in [2.75, 3.05) is 6.61 Å². The van der Waals surface area contributed by atoms with Crippen molar-refractivity contribution in [2.24, 2.45) is 5.92 Å². The normalized spacial score (nSPS) is 11.9. The van der Waals surface area contributed by atoms with E-state index in [2.05, 4.69) is 5.32 Å². The van der Waals surface area contributed by atoms with E-state index in [1.165, 1.54) is 13.0 Å². The molecule has 2 rings (SSSR count). The molecule has 0 fully saturated rings. The summed E-state index contributed by atoms with van der Waals surface area (Å²) in [6.45, 7) is 7.00. The van der Waals surface area contributed by atoms with Crippen LogP contribution < -0.4 is 5.32 Å². The Kier molecular flexibility index (Phi) is 6.33. The van der Waals surface area contributed by atoms with Crippen molar-refractivity contribution < 1.29 is 23.5 Å². The number of rotatable bonds is 7. The summed E-state index contributed by atoms with van der Waals surface area (Å²) in [6, 6.07) is 9.99. The van der Waals surface area contributed by atoms with Crippen molar-refractivity contribution in [1.29, 1.82) is 0 Å². The number of hydrogen-bond donors (Lipinski definition) is 1. The molecule has 6 nitrogen and oxygen atoms in total. The standard InChI is InChI=1S/C20H23NO5/c1-12(2)13(3)21-19(23)11-25-20(24)18-10-9-17(26-18)16-7-5-15(6-8-16)14(4)22/h5-10,12-13H,11H2,1-4H3,(H,21,23)/t13-/m1/s1. The topological polar surface area (TPSA) is 85.6 Å². The summed E-state index contributed by atoms with van der Waals surface area (Å²) in [7, 11) is 0. The number of carbonyl (C=O) groups excluding carboxylic acids is 3. The zero-order valence-electron chi connectivity index (χ0n) is 15.4. The second kappa shape index (κ2) is 8.47. The Labute approximate surface area is 152 Å². The van der Waals surface area contributed by atoms with E-state index < -0.39 is 5.97 Å². The van der Waals surface area contributed by atoms with Crippen molar-refractivity contribution in [2.45, 2.75) is 33.7 Å². The Bertz CT molecular complexity index is 789. The maximum atomic E-state index is 12.0. The lowest BCUT2D eigenvalue weighted by atomic mass is 10.1. The predicted molar refractivity (Wildman–Crippen MR) is 96.9 cm³/mol. The van der Waals surface area contributed by atoms with Gasteiger partial charge >= 0.3 is 5.97 Å². The van der Waals surface area contributed by atoms with E-state index in [9.17, 15) is 14.4 Å². The number of Topliss-reactive ketones (excluding diaryl/α,β-unsaturated/α-hetero) is 1. The highest BCUT2D eigenvalue weighted by molar-refractivity contribution is 5.94. The van der Waals surface area contributed by atoms with E-state index in [1.54, 1.807) is 30.3 Å². The Morgan fingerprint density at radius 2 is 1.69 bits per heavy atom. The smallest absolute Gasteiger partial charge is 0.374 e. The summed E-state index contributed by atoms with van der Waals surface area (Å²) in [5.74, 6) is -0.303. The van der Waals surface area contributed by atoms with E-state index in [-0.39, 0.29) is 36.0 Å². The average molecular weight is 357 g/mol. The minimum Gasteiger partial charge on any atom is -0.450 e. The van der Waals surface area contributed by atoms with Crippen LogP contribution in [0.5, 0.6) is 0 Å². The second-order valence-corrected chi connectivity index (χ2v) is 6.47. The zero-order chi connectivity index (χ0) is 19.3. The SMILES string of the molecule is CC(=O)c1ccc(-c2ccc(C(=O)OCC(=O)N[C@H](C)C(C)C)o2)cc1. The van der Waals surface area contributed by atoms with Crippen molar-refractivity contribution in [3.05, 3.63) is 47.7 Å². The number of nitrogens with one attached hydrogen (secondary N) is 1. The quantitative estimate of drug-likeness (QED) is 0.606. The number of amides is 1. The number of esters is 1. The first-order chi connectivity index (χ1) is 12.3. The molecule has 1 amide bonds. The average Bonchev–Trinajstić information content (AvgIpc) is 3.09. The molecule has 1 heterocycles. The van der Waals surface area contributed by atoms with Crippen LogP contribution >= 0.6 is 0 Å². The molecule has 26 heavy (non-hydrogen) atoms. The van der Waals surface area contributed by atoms with Crippen LogP contribution in [0.25, 0.3) is 11.3 Å². The fourth-order valence-electron chi connectivity index (χ4n) is 2.14. The molecular formula is C20H23NO5. The van der Waals surface area contributed by atoms with E-state index >= 15 is 0 Å². The van der Waals surface area contributed by atoms with Crippen LogP contribution in [-0.4, -0.2) is 30.3 Å². The van der Waals surface area contributed by atoms with E-state index in [1.807, 2.05) is 20.8 Å². The van der Waals surface area contributed by atoms with Gasteiger partial charge in [-0.2, -0.15) is 0 Å². The number of furan rings is 1. The fraction of sp³-hybridized carbons (Fsp3) is 0.350. The lowest BCUT2D eigenvalue weighted by molar-refractivity contribution is -0.125. The largest absolute Gasteiger partial charge is 0.450 e. The first-order valence-corrected chi connectivity index (χ1v) is 8.45. The zero-order valence-corrected chi connectivity index (χ0v) is 15.4. The number of carbonyl (C=O) groups is 3. The lowest BCUT2D eigenvalue weighted by Gasteiger charge is -2.17. The summed E-state index contributed by atoms with van der Waals surface area (Å²) in [4.78, 5) is 35.1. The first-order valence-electron chi connectivity index (χ1n) is 8.45. The van der Waals surface area contributed by atoms with Gasteiger partial charge in [0.15, 0.2) is 12.4 Å². The molecular weight excluding hydrogens is 334 g/mol. The molecule has 1 atom stereocenters. The summed E-state index contributed by atoms with van der Waals surface area (Å²) >= 11 is 0. The third-order valence-corrected chi connectivity index (χ3v) is 4.11. The number of hydrogen-bond acceptors (Lipinski definition) is 5. The van der Waals surface area contributed by atoms with Gasteiger partial charge in [-0.1, -0.05) is 38.1 Å². The lowest BCUT2D eigenvalue weighted by Crippen LogP contribution is -2.38. The highest BCUT2D eigenvalue weighted by Gasteiger charge is 2.17. The van der Waals surface area contributed by atoms with Crippen LogP contribution in [0.4, 0.5) is 0 Å². The molecule has 1 N–H and O–H groups in total. The van der Waals surface area contributed by atoms with Crippen LogP contribution in [0.15, 0.2) is 40.8 Å². The summed E-state index contributed by atoms with van der Waals surface area (Å²) in [5.41, 5.74) is 1.33. The van der Waals surface area contributed by atoms with Gasteiger partial charge in [0.2, 0.25) is 5.76 Å². The van der Waals surface area contributed by atoms with Gasteiger partial charge in [0.25, 0.3) is 5.91 Å². The Morgan fingerprint density at radius 3 is 2.27 bits per heavy atom. The van der Waals surface area contributed by atoms with Gasteiger partial charge in [-0.15, -0.1) is 0 Å². The summed E-state index contributed by atoms with van der Waals surface area (Å²) in [5, 5.41) is 2.76. The molecule has 0 aliphatic heterocycles. The number of ether oxygens (including phenoxy) is 1. The van der Waals surface area contributed by atoms with E-state index in [0.717, 1.165) is 5.56 Å². The molecule has 1 aromatic carbocycles. The molecule has 0 aliphatic carbocycles. The molecule has 0 spiro atoms. The minimum absolute atomic E-state index is 0.00519. The van der Waals surface area contributed by atoms with Gasteiger partial charge in [0, 0.05) is 17.2 Å². The van der Waals surface area contributed by atoms with Gasteiger partial charge in [-0.3, -0.25) is 9.59 Å². The summed E-state index contributed by atoms with van der Waals surface area (Å²) < 4.78 is 10.5. The van der Waals surface area contributed by atoms with Crippen LogP contribution in [0.1, 0.15) is 48.6 Å². The van der Waals surface area contributed by atoms with E-state index in [4.69, 9.17) is 9.15 Å². The third-order valence-electron chi connectivity index (χ3n) is 4.11. The Hall–Kier alpha value is -2.89. The minimum atomic E-state index is -0.705. The first kappa shape index (κ1) is 19.4. The molecule has 0 unspecified atom stereocenters. The number of ketones is 1. The van der Waals surface area contributed by atoms with E-state index in [0.29, 0.717) is 11.3 Å². The molecule has 0 saturated heterocycles. The van der Waals surface area contributed by atoms with Gasteiger partial charge < -0.3 is 14.5 Å². The fourth-order valence-corrected chi connectivity index (χ4v) is 2.14. The van der Waals surface area contributed by atoms with Crippen molar-refractivity contribution in [1.82, 2.24) is 5.32 Å². The predicted octanol–water partition coefficient (Wildman–Crippen LogP) is 3.47. The van der Waals surface area contributed by atoms with Gasteiger partial charge in [0.1, 0.15) is 5.76 Å². The molecule has 6 heteroatoms. The van der Waals surface area contributed by atoms with Crippen molar-refractivity contribution >= 4 is 17.7 Å². The van der Waals surface area contributed by atoms with Crippen LogP contribution in [0, 0.1) is 5.92 Å².